The van der Waals surface area contributed by atoms with Crippen molar-refractivity contribution in [3.8, 4) is 0 Å². The number of aromatic nitrogens is 1. The van der Waals surface area contributed by atoms with E-state index in [9.17, 15) is 9.59 Å². The van der Waals surface area contributed by atoms with Crippen molar-refractivity contribution >= 4 is 44.2 Å². The third-order valence-electron chi connectivity index (χ3n) is 5.28. The number of para-hydroxylation sites is 1. The first-order valence-corrected chi connectivity index (χ1v) is 11.5. The molecule has 0 saturated carbocycles. The van der Waals surface area contributed by atoms with E-state index in [2.05, 4.69) is 12.2 Å². The van der Waals surface area contributed by atoms with Gasteiger partial charge in [0.2, 0.25) is 11.8 Å². The van der Waals surface area contributed by atoms with Gasteiger partial charge in [0.1, 0.15) is 0 Å². The number of thiazole rings is 1. The Balaban J connectivity index is 1.72. The topological polar surface area (TPSA) is 62.3 Å². The molecule has 0 bridgehead atoms. The second-order valence-electron chi connectivity index (χ2n) is 7.58. The molecule has 1 N–H and O–H groups in total. The molecule has 4 aromatic rings. The molecule has 0 aliphatic carbocycles. The molecule has 162 valence electrons. The van der Waals surface area contributed by atoms with E-state index in [1.165, 1.54) is 23.8 Å². The minimum Gasteiger partial charge on any atom is -0.349 e. The van der Waals surface area contributed by atoms with Crippen molar-refractivity contribution in [3.63, 3.8) is 0 Å². The fraction of sp³-hybridized carbons (Fsp3) is 0.192. The van der Waals surface area contributed by atoms with E-state index in [0.29, 0.717) is 5.13 Å². The van der Waals surface area contributed by atoms with Crippen molar-refractivity contribution in [1.82, 2.24) is 10.3 Å². The van der Waals surface area contributed by atoms with Crippen molar-refractivity contribution in [1.29, 1.82) is 0 Å². The average molecular weight is 444 g/mol. The van der Waals surface area contributed by atoms with Crippen LogP contribution >= 0.6 is 11.3 Å². The first kappa shape index (κ1) is 21.7. The largest absolute Gasteiger partial charge is 0.349 e. The Morgan fingerprint density at radius 1 is 0.969 bits per heavy atom. The predicted octanol–water partition coefficient (Wildman–Crippen LogP) is 5.79. The number of anilines is 2. The number of fused-ring (bicyclic) bond motifs is 1. The first-order chi connectivity index (χ1) is 15.5. The second-order valence-corrected chi connectivity index (χ2v) is 8.59. The van der Waals surface area contributed by atoms with Gasteiger partial charge in [-0.15, -0.1) is 0 Å². The third-order valence-corrected chi connectivity index (χ3v) is 6.31. The molecule has 1 atom stereocenters. The zero-order valence-corrected chi connectivity index (χ0v) is 18.9. The summed E-state index contributed by atoms with van der Waals surface area (Å²) in [6, 6.07) is 25.0. The smallest absolute Gasteiger partial charge is 0.235 e. The molecule has 0 spiro atoms. The highest BCUT2D eigenvalue weighted by Crippen LogP contribution is 2.35. The van der Waals surface area contributed by atoms with Crippen LogP contribution in [0, 0.1) is 0 Å². The van der Waals surface area contributed by atoms with Gasteiger partial charge in [-0.25, -0.2) is 4.98 Å². The molecule has 32 heavy (non-hydrogen) atoms. The van der Waals surface area contributed by atoms with E-state index in [4.69, 9.17) is 4.98 Å². The molecule has 0 fully saturated rings. The van der Waals surface area contributed by atoms with Crippen LogP contribution in [-0.2, 0) is 16.0 Å². The quantitative estimate of drug-likeness (QED) is 0.393. The molecular weight excluding hydrogens is 418 g/mol. The van der Waals surface area contributed by atoms with E-state index in [-0.39, 0.29) is 18.2 Å². The van der Waals surface area contributed by atoms with Gasteiger partial charge in [-0.2, -0.15) is 0 Å². The lowest BCUT2D eigenvalue weighted by molar-refractivity contribution is -0.121. The van der Waals surface area contributed by atoms with Gasteiger partial charge in [0.25, 0.3) is 0 Å². The van der Waals surface area contributed by atoms with E-state index in [0.717, 1.165) is 27.9 Å². The van der Waals surface area contributed by atoms with Gasteiger partial charge in [-0.1, -0.05) is 72.9 Å². The molecule has 1 heterocycles. The minimum atomic E-state index is -0.423. The van der Waals surface area contributed by atoms with Gasteiger partial charge >= 0.3 is 0 Å². The Morgan fingerprint density at radius 3 is 2.31 bits per heavy atom. The van der Waals surface area contributed by atoms with Crippen LogP contribution in [0.3, 0.4) is 0 Å². The van der Waals surface area contributed by atoms with Crippen molar-refractivity contribution < 1.29 is 9.59 Å². The molecule has 1 unspecified atom stereocenters. The molecule has 0 aliphatic heterocycles. The van der Waals surface area contributed by atoms with Gasteiger partial charge < -0.3 is 5.32 Å². The highest BCUT2D eigenvalue weighted by molar-refractivity contribution is 7.22. The number of hydrogen-bond acceptors (Lipinski definition) is 4. The van der Waals surface area contributed by atoms with Crippen LogP contribution in [0.5, 0.6) is 0 Å². The SMILES string of the molecule is CCc1ccc(N(C(=O)CC(NC(C)=O)c2ccccc2)c2nc3ccccc3s2)cc1. The van der Waals surface area contributed by atoms with Crippen LogP contribution in [0.15, 0.2) is 78.9 Å². The summed E-state index contributed by atoms with van der Waals surface area (Å²) < 4.78 is 1.02. The van der Waals surface area contributed by atoms with Crippen molar-refractivity contribution in [2.45, 2.75) is 32.7 Å². The van der Waals surface area contributed by atoms with Crippen LogP contribution < -0.4 is 10.2 Å². The molecule has 2 amide bonds. The molecule has 0 radical (unpaired) electrons. The van der Waals surface area contributed by atoms with Crippen molar-refractivity contribution in [3.05, 3.63) is 90.0 Å². The van der Waals surface area contributed by atoms with E-state index in [1.807, 2.05) is 78.9 Å². The zero-order chi connectivity index (χ0) is 22.5. The van der Waals surface area contributed by atoms with E-state index < -0.39 is 6.04 Å². The van der Waals surface area contributed by atoms with Gasteiger partial charge in [-0.3, -0.25) is 14.5 Å². The monoisotopic (exact) mass is 443 g/mol. The zero-order valence-electron chi connectivity index (χ0n) is 18.1. The van der Waals surface area contributed by atoms with Crippen LogP contribution in [-0.4, -0.2) is 16.8 Å². The lowest BCUT2D eigenvalue weighted by Crippen LogP contribution is -2.33. The summed E-state index contributed by atoms with van der Waals surface area (Å²) in [4.78, 5) is 31.9. The Morgan fingerprint density at radius 2 is 1.66 bits per heavy atom. The number of carbonyl (C=O) groups excluding carboxylic acids is 2. The number of aryl methyl sites for hydroxylation is 1. The summed E-state index contributed by atoms with van der Waals surface area (Å²) in [5.41, 5.74) is 3.71. The number of nitrogens with one attached hydrogen (secondary N) is 1. The summed E-state index contributed by atoms with van der Waals surface area (Å²) in [7, 11) is 0. The fourth-order valence-electron chi connectivity index (χ4n) is 3.65. The predicted molar refractivity (Wildman–Crippen MR) is 130 cm³/mol. The summed E-state index contributed by atoms with van der Waals surface area (Å²) in [6.45, 7) is 3.57. The van der Waals surface area contributed by atoms with E-state index >= 15 is 0 Å². The van der Waals surface area contributed by atoms with E-state index in [1.54, 1.807) is 4.90 Å². The molecule has 5 nitrogen and oxygen atoms in total. The lowest BCUT2D eigenvalue weighted by atomic mass is 10.0. The number of carbonyl (C=O) groups is 2. The summed E-state index contributed by atoms with van der Waals surface area (Å²) in [5.74, 6) is -0.304. The average Bonchev–Trinajstić information content (AvgIpc) is 3.23. The Hall–Kier alpha value is -3.51. The third kappa shape index (κ3) is 4.86. The Labute approximate surface area is 191 Å². The molecule has 1 aromatic heterocycles. The highest BCUT2D eigenvalue weighted by Gasteiger charge is 2.26. The van der Waals surface area contributed by atoms with Gasteiger partial charge in [0, 0.05) is 6.92 Å². The maximum Gasteiger partial charge on any atom is 0.235 e. The number of benzene rings is 3. The van der Waals surface area contributed by atoms with Crippen molar-refractivity contribution in [2.24, 2.45) is 0 Å². The molecule has 0 saturated heterocycles. The number of hydrogen-bond donors (Lipinski definition) is 1. The minimum absolute atomic E-state index is 0.120. The number of nitrogens with zero attached hydrogens (tertiary/aromatic N) is 2. The maximum absolute atomic E-state index is 13.7. The molecule has 0 aliphatic rings. The standard InChI is InChI=1S/C26H25N3O2S/c1-3-19-13-15-21(16-14-19)29(26-28-22-11-7-8-12-24(22)32-26)25(31)17-23(27-18(2)30)20-9-5-4-6-10-20/h4-16,23H,3,17H2,1-2H3,(H,27,30). The van der Waals surface area contributed by atoms with Crippen LogP contribution in [0.2, 0.25) is 0 Å². The summed E-state index contributed by atoms with van der Waals surface area (Å²) >= 11 is 1.48. The molecule has 6 heteroatoms. The highest BCUT2D eigenvalue weighted by atomic mass is 32.1. The lowest BCUT2D eigenvalue weighted by Gasteiger charge is -2.24. The van der Waals surface area contributed by atoms with Crippen molar-refractivity contribution in [2.75, 3.05) is 4.90 Å². The second kappa shape index (κ2) is 9.75. The maximum atomic E-state index is 13.7. The first-order valence-electron chi connectivity index (χ1n) is 10.6. The van der Waals surface area contributed by atoms with Gasteiger partial charge in [0.05, 0.1) is 28.4 Å². The number of rotatable bonds is 7. The summed E-state index contributed by atoms with van der Waals surface area (Å²) in [6.07, 6.45) is 1.04. The normalized spacial score (nSPS) is 11.8. The molecular formula is C26H25N3O2S. The Bertz CT molecular complexity index is 1190. The fourth-order valence-corrected chi connectivity index (χ4v) is 4.65. The molecule has 4 rings (SSSR count). The van der Waals surface area contributed by atoms with Crippen LogP contribution in [0.4, 0.5) is 10.8 Å². The van der Waals surface area contributed by atoms with Crippen LogP contribution in [0.25, 0.3) is 10.2 Å². The van der Waals surface area contributed by atoms with Gasteiger partial charge in [0.15, 0.2) is 5.13 Å². The van der Waals surface area contributed by atoms with Gasteiger partial charge in [-0.05, 0) is 41.8 Å². The molecule has 3 aromatic carbocycles. The van der Waals surface area contributed by atoms with Crippen LogP contribution in [0.1, 0.15) is 37.4 Å². The number of amides is 2. The summed E-state index contributed by atoms with van der Waals surface area (Å²) in [5, 5.41) is 3.55. The Kier molecular flexibility index (Phi) is 6.61.